The lowest BCUT2D eigenvalue weighted by atomic mass is 9.97. The SMILES string of the molecule is NC(=O)OCc1ccc(Cc2ccccc2Cc2nc3ccccc3[nH]2)cc1. The van der Waals surface area contributed by atoms with Crippen LogP contribution in [0.3, 0.4) is 0 Å². The summed E-state index contributed by atoms with van der Waals surface area (Å²) in [5, 5.41) is 0. The number of nitrogens with zero attached hydrogens (tertiary/aromatic N) is 1. The summed E-state index contributed by atoms with van der Waals surface area (Å²) >= 11 is 0. The Balaban J connectivity index is 1.50. The van der Waals surface area contributed by atoms with Crippen molar-refractivity contribution in [3.63, 3.8) is 0 Å². The molecule has 3 N–H and O–H groups in total. The van der Waals surface area contributed by atoms with E-state index in [0.717, 1.165) is 35.3 Å². The van der Waals surface area contributed by atoms with Crippen molar-refractivity contribution >= 4 is 17.1 Å². The summed E-state index contributed by atoms with van der Waals surface area (Å²) in [5.74, 6) is 0.965. The predicted molar refractivity (Wildman–Crippen MR) is 109 cm³/mol. The van der Waals surface area contributed by atoms with Crippen LogP contribution in [-0.2, 0) is 24.2 Å². The molecule has 1 amide bonds. The van der Waals surface area contributed by atoms with Crippen LogP contribution in [0.1, 0.15) is 28.1 Å². The number of H-pyrrole nitrogens is 1. The van der Waals surface area contributed by atoms with Gasteiger partial charge in [0.15, 0.2) is 0 Å². The number of ether oxygens (including phenoxy) is 1. The van der Waals surface area contributed by atoms with Crippen LogP contribution in [0.5, 0.6) is 0 Å². The number of amides is 1. The van der Waals surface area contributed by atoms with Gasteiger partial charge in [0.2, 0.25) is 0 Å². The molecule has 0 radical (unpaired) electrons. The van der Waals surface area contributed by atoms with Gasteiger partial charge in [0.05, 0.1) is 11.0 Å². The number of nitrogens with one attached hydrogen (secondary N) is 1. The van der Waals surface area contributed by atoms with Crippen molar-refractivity contribution in [1.82, 2.24) is 9.97 Å². The first-order valence-corrected chi connectivity index (χ1v) is 9.18. The Labute approximate surface area is 163 Å². The Morgan fingerprint density at radius 2 is 1.50 bits per heavy atom. The number of rotatable bonds is 6. The molecule has 4 aromatic rings. The summed E-state index contributed by atoms with van der Waals surface area (Å²) in [6, 6.07) is 24.5. The standard InChI is InChI=1S/C23H21N3O2/c24-23(27)28-15-17-11-9-16(10-12-17)13-18-5-1-2-6-19(18)14-22-25-20-7-3-4-8-21(20)26-22/h1-12H,13-15H2,(H2,24,27)(H,25,26). The molecule has 0 aliphatic rings. The molecule has 0 unspecified atom stereocenters. The van der Waals surface area contributed by atoms with Crippen LogP contribution >= 0.6 is 0 Å². The second kappa shape index (κ2) is 7.96. The second-order valence-electron chi connectivity index (χ2n) is 6.75. The van der Waals surface area contributed by atoms with Crippen LogP contribution in [0.25, 0.3) is 11.0 Å². The van der Waals surface area contributed by atoms with Gasteiger partial charge in [0, 0.05) is 6.42 Å². The molecule has 0 saturated heterocycles. The quantitative estimate of drug-likeness (QED) is 0.529. The van der Waals surface area contributed by atoms with Gasteiger partial charge >= 0.3 is 6.09 Å². The summed E-state index contributed by atoms with van der Waals surface area (Å²) in [6.07, 6.45) is 0.825. The molecule has 140 valence electrons. The molecule has 0 aliphatic heterocycles. The molecule has 0 atom stereocenters. The molecule has 0 aliphatic carbocycles. The molecule has 5 heteroatoms. The number of aromatic amines is 1. The average Bonchev–Trinajstić information content (AvgIpc) is 3.11. The number of hydrogen-bond acceptors (Lipinski definition) is 3. The van der Waals surface area contributed by atoms with Gasteiger partial charge in [-0.25, -0.2) is 9.78 Å². The van der Waals surface area contributed by atoms with Crippen molar-refractivity contribution in [1.29, 1.82) is 0 Å². The minimum absolute atomic E-state index is 0.193. The number of benzene rings is 3. The van der Waals surface area contributed by atoms with Gasteiger partial charge in [-0.2, -0.15) is 0 Å². The Hall–Kier alpha value is -3.60. The highest BCUT2D eigenvalue weighted by atomic mass is 16.5. The maximum Gasteiger partial charge on any atom is 0.404 e. The molecule has 5 nitrogen and oxygen atoms in total. The molecule has 0 spiro atoms. The largest absolute Gasteiger partial charge is 0.445 e. The van der Waals surface area contributed by atoms with Crippen molar-refractivity contribution < 1.29 is 9.53 Å². The van der Waals surface area contributed by atoms with Gasteiger partial charge in [0.25, 0.3) is 0 Å². The van der Waals surface area contributed by atoms with Gasteiger partial charge in [0.1, 0.15) is 12.4 Å². The van der Waals surface area contributed by atoms with Gasteiger partial charge in [-0.3, -0.25) is 0 Å². The molecule has 3 aromatic carbocycles. The van der Waals surface area contributed by atoms with E-state index in [4.69, 9.17) is 15.5 Å². The fourth-order valence-electron chi connectivity index (χ4n) is 3.30. The number of imidazole rings is 1. The molecule has 1 aromatic heterocycles. The third-order valence-electron chi connectivity index (χ3n) is 4.71. The normalized spacial score (nSPS) is 10.9. The fourth-order valence-corrected chi connectivity index (χ4v) is 3.30. The summed E-state index contributed by atoms with van der Waals surface area (Å²) in [4.78, 5) is 18.8. The molecule has 4 rings (SSSR count). The molecule has 0 bridgehead atoms. The zero-order valence-corrected chi connectivity index (χ0v) is 15.4. The lowest BCUT2D eigenvalue weighted by Crippen LogP contribution is -2.12. The third-order valence-corrected chi connectivity index (χ3v) is 4.71. The zero-order chi connectivity index (χ0) is 19.3. The maximum absolute atomic E-state index is 10.7. The van der Waals surface area contributed by atoms with E-state index in [-0.39, 0.29) is 6.61 Å². The van der Waals surface area contributed by atoms with Crippen molar-refractivity contribution in [2.45, 2.75) is 19.4 Å². The maximum atomic E-state index is 10.7. The third kappa shape index (κ3) is 4.20. The van der Waals surface area contributed by atoms with Gasteiger partial charge in [-0.1, -0.05) is 60.7 Å². The van der Waals surface area contributed by atoms with Crippen molar-refractivity contribution in [3.05, 3.63) is 101 Å². The van der Waals surface area contributed by atoms with E-state index in [9.17, 15) is 4.79 Å². The first kappa shape index (κ1) is 17.8. The average molecular weight is 371 g/mol. The Kier molecular flexibility index (Phi) is 5.06. The number of primary amides is 1. The summed E-state index contributed by atoms with van der Waals surface area (Å²) < 4.78 is 4.82. The van der Waals surface area contributed by atoms with Gasteiger partial charge in [-0.05, 0) is 40.8 Å². The van der Waals surface area contributed by atoms with Crippen LogP contribution < -0.4 is 5.73 Å². The van der Waals surface area contributed by atoms with E-state index in [1.165, 1.54) is 16.7 Å². The number of aromatic nitrogens is 2. The molecule has 0 fully saturated rings. The monoisotopic (exact) mass is 371 g/mol. The molecular weight excluding hydrogens is 350 g/mol. The zero-order valence-electron chi connectivity index (χ0n) is 15.4. The van der Waals surface area contributed by atoms with Crippen LogP contribution in [0.4, 0.5) is 4.79 Å². The van der Waals surface area contributed by atoms with Crippen molar-refractivity contribution in [2.24, 2.45) is 5.73 Å². The lowest BCUT2D eigenvalue weighted by Gasteiger charge is -2.09. The molecule has 28 heavy (non-hydrogen) atoms. The predicted octanol–water partition coefficient (Wildman–Crippen LogP) is 4.34. The Morgan fingerprint density at radius 1 is 0.857 bits per heavy atom. The highest BCUT2D eigenvalue weighted by Gasteiger charge is 2.08. The Bertz CT molecular complexity index is 1070. The molecular formula is C23H21N3O2. The minimum atomic E-state index is -0.761. The van der Waals surface area contributed by atoms with Crippen LogP contribution in [0, 0.1) is 0 Å². The van der Waals surface area contributed by atoms with E-state index in [2.05, 4.69) is 41.4 Å². The van der Waals surface area contributed by atoms with Crippen molar-refractivity contribution in [2.75, 3.05) is 0 Å². The first-order valence-electron chi connectivity index (χ1n) is 9.18. The van der Waals surface area contributed by atoms with E-state index < -0.39 is 6.09 Å². The van der Waals surface area contributed by atoms with Gasteiger partial charge < -0.3 is 15.5 Å². The number of para-hydroxylation sites is 2. The number of carbonyl (C=O) groups excluding carboxylic acids is 1. The van der Waals surface area contributed by atoms with E-state index in [0.29, 0.717) is 0 Å². The fraction of sp³-hybridized carbons (Fsp3) is 0.130. The van der Waals surface area contributed by atoms with E-state index in [1.807, 2.05) is 36.4 Å². The second-order valence-corrected chi connectivity index (χ2v) is 6.75. The highest BCUT2D eigenvalue weighted by Crippen LogP contribution is 2.19. The first-order chi connectivity index (χ1) is 13.7. The van der Waals surface area contributed by atoms with E-state index in [1.54, 1.807) is 0 Å². The highest BCUT2D eigenvalue weighted by molar-refractivity contribution is 5.74. The minimum Gasteiger partial charge on any atom is -0.445 e. The number of nitrogens with two attached hydrogens (primary N) is 1. The van der Waals surface area contributed by atoms with Gasteiger partial charge in [-0.15, -0.1) is 0 Å². The number of hydrogen-bond donors (Lipinski definition) is 2. The molecule has 0 saturated carbocycles. The molecule has 1 heterocycles. The number of carbonyl (C=O) groups is 1. The van der Waals surface area contributed by atoms with Crippen molar-refractivity contribution in [3.8, 4) is 0 Å². The summed E-state index contributed by atoms with van der Waals surface area (Å²) in [7, 11) is 0. The Morgan fingerprint density at radius 3 is 2.21 bits per heavy atom. The summed E-state index contributed by atoms with van der Waals surface area (Å²) in [5.41, 5.74) is 11.7. The van der Waals surface area contributed by atoms with Crippen LogP contribution in [-0.4, -0.2) is 16.1 Å². The number of fused-ring (bicyclic) bond motifs is 1. The van der Waals surface area contributed by atoms with Crippen LogP contribution in [0.2, 0.25) is 0 Å². The lowest BCUT2D eigenvalue weighted by molar-refractivity contribution is 0.150. The van der Waals surface area contributed by atoms with E-state index >= 15 is 0 Å². The summed E-state index contributed by atoms with van der Waals surface area (Å²) in [6.45, 7) is 0.193. The van der Waals surface area contributed by atoms with Crippen LogP contribution in [0.15, 0.2) is 72.8 Å². The smallest absolute Gasteiger partial charge is 0.404 e. The topological polar surface area (TPSA) is 81.0 Å².